The van der Waals surface area contributed by atoms with Crippen molar-refractivity contribution in [3.8, 4) is 0 Å². The smallest absolute Gasteiger partial charge is 0.246 e. The topological polar surface area (TPSA) is 63.4 Å². The summed E-state index contributed by atoms with van der Waals surface area (Å²) in [5.41, 5.74) is 6.20. The molecule has 1 heterocycles. The lowest BCUT2D eigenvalue weighted by atomic mass is 10.1. The highest BCUT2D eigenvalue weighted by atomic mass is 32.2. The highest BCUT2D eigenvalue weighted by Crippen LogP contribution is 2.25. The average Bonchev–Trinajstić information content (AvgIpc) is 2.28. The summed E-state index contributed by atoms with van der Waals surface area (Å²) >= 11 is 0. The van der Waals surface area contributed by atoms with Gasteiger partial charge in [0.05, 0.1) is 0 Å². The van der Waals surface area contributed by atoms with Crippen LogP contribution >= 0.6 is 0 Å². The van der Waals surface area contributed by atoms with Gasteiger partial charge in [0.2, 0.25) is 10.0 Å². The fourth-order valence-electron chi connectivity index (χ4n) is 2.26. The van der Waals surface area contributed by atoms with Crippen LogP contribution in [0.5, 0.6) is 0 Å². The Labute approximate surface area is 107 Å². The van der Waals surface area contributed by atoms with Gasteiger partial charge < -0.3 is 5.73 Å². The molecule has 0 bridgehead atoms. The predicted molar refractivity (Wildman–Crippen MR) is 67.1 cm³/mol. The van der Waals surface area contributed by atoms with Crippen LogP contribution in [0.15, 0.2) is 23.1 Å². The molecule has 2 N–H and O–H groups in total. The lowest BCUT2D eigenvalue weighted by molar-refractivity contribution is 0.315. The standard InChI is InChI=1S/C12H17FN2O2S/c1-9-4-2-6-11(13)12(9)18(16,17)15-7-3-5-10(14)8-15/h2,4,6,10H,3,5,7-8,14H2,1H3. The number of aryl methyl sites for hydroxylation is 1. The van der Waals surface area contributed by atoms with Crippen molar-refractivity contribution in [1.29, 1.82) is 0 Å². The van der Waals surface area contributed by atoms with E-state index in [1.54, 1.807) is 13.0 Å². The summed E-state index contributed by atoms with van der Waals surface area (Å²) in [4.78, 5) is -0.223. The first-order valence-corrected chi connectivity index (χ1v) is 7.38. The first-order chi connectivity index (χ1) is 8.43. The van der Waals surface area contributed by atoms with E-state index < -0.39 is 15.8 Å². The number of nitrogens with two attached hydrogens (primary N) is 1. The number of piperidine rings is 1. The van der Waals surface area contributed by atoms with Gasteiger partial charge in [-0.15, -0.1) is 0 Å². The minimum Gasteiger partial charge on any atom is -0.327 e. The lowest BCUT2D eigenvalue weighted by Gasteiger charge is -2.30. The monoisotopic (exact) mass is 272 g/mol. The SMILES string of the molecule is Cc1cccc(F)c1S(=O)(=O)N1CCCC(N)C1. The molecule has 0 saturated carbocycles. The van der Waals surface area contributed by atoms with Gasteiger partial charge in [-0.25, -0.2) is 12.8 Å². The molecule has 6 heteroatoms. The Bertz CT molecular complexity index is 525. The summed E-state index contributed by atoms with van der Waals surface area (Å²) in [6.07, 6.45) is 1.52. The molecule has 0 amide bonds. The molecule has 1 fully saturated rings. The van der Waals surface area contributed by atoms with Crippen LogP contribution < -0.4 is 5.73 Å². The number of benzene rings is 1. The highest BCUT2D eigenvalue weighted by molar-refractivity contribution is 7.89. The molecule has 2 rings (SSSR count). The van der Waals surface area contributed by atoms with Crippen molar-refractivity contribution in [2.24, 2.45) is 5.73 Å². The maximum Gasteiger partial charge on any atom is 0.246 e. The second-order valence-corrected chi connectivity index (χ2v) is 6.53. The molecule has 1 aromatic rings. The van der Waals surface area contributed by atoms with Gasteiger partial charge >= 0.3 is 0 Å². The second-order valence-electron chi connectivity index (χ2n) is 4.65. The van der Waals surface area contributed by atoms with E-state index in [9.17, 15) is 12.8 Å². The molecular weight excluding hydrogens is 255 g/mol. The van der Waals surface area contributed by atoms with E-state index in [0.29, 0.717) is 18.5 Å². The van der Waals surface area contributed by atoms with Crippen molar-refractivity contribution in [2.45, 2.75) is 30.7 Å². The molecule has 0 aromatic heterocycles. The fourth-order valence-corrected chi connectivity index (χ4v) is 4.07. The third kappa shape index (κ3) is 2.41. The van der Waals surface area contributed by atoms with E-state index in [2.05, 4.69) is 0 Å². The van der Waals surface area contributed by atoms with Crippen molar-refractivity contribution < 1.29 is 12.8 Å². The van der Waals surface area contributed by atoms with Crippen LogP contribution in [0.25, 0.3) is 0 Å². The summed E-state index contributed by atoms with van der Waals surface area (Å²) in [6.45, 7) is 2.26. The highest BCUT2D eigenvalue weighted by Gasteiger charge is 2.31. The van der Waals surface area contributed by atoms with Gasteiger partial charge in [0.15, 0.2) is 0 Å². The third-order valence-corrected chi connectivity index (χ3v) is 5.23. The molecule has 1 aliphatic rings. The van der Waals surface area contributed by atoms with E-state index >= 15 is 0 Å². The zero-order valence-electron chi connectivity index (χ0n) is 10.3. The Morgan fingerprint density at radius 1 is 1.44 bits per heavy atom. The molecule has 1 aliphatic heterocycles. The Hall–Kier alpha value is -0.980. The minimum absolute atomic E-state index is 0.166. The van der Waals surface area contributed by atoms with Crippen LogP contribution in [0.4, 0.5) is 4.39 Å². The Morgan fingerprint density at radius 2 is 2.17 bits per heavy atom. The molecule has 0 aliphatic carbocycles. The van der Waals surface area contributed by atoms with E-state index in [1.165, 1.54) is 16.4 Å². The summed E-state index contributed by atoms with van der Waals surface area (Å²) in [6, 6.07) is 4.11. The van der Waals surface area contributed by atoms with Gasteiger partial charge in [0, 0.05) is 19.1 Å². The Morgan fingerprint density at radius 3 is 2.78 bits per heavy atom. The molecule has 1 unspecified atom stereocenters. The first kappa shape index (κ1) is 13.5. The molecule has 4 nitrogen and oxygen atoms in total. The summed E-state index contributed by atoms with van der Waals surface area (Å²) in [7, 11) is -3.78. The van der Waals surface area contributed by atoms with E-state index in [4.69, 9.17) is 5.73 Å². The van der Waals surface area contributed by atoms with Gasteiger partial charge in [-0.3, -0.25) is 0 Å². The number of sulfonamides is 1. The predicted octanol–water partition coefficient (Wildman–Crippen LogP) is 1.25. The van der Waals surface area contributed by atoms with E-state index in [1.807, 2.05) is 0 Å². The number of hydrogen-bond acceptors (Lipinski definition) is 3. The number of hydrogen-bond donors (Lipinski definition) is 1. The average molecular weight is 272 g/mol. The summed E-state index contributed by atoms with van der Waals surface area (Å²) < 4.78 is 39.9. The summed E-state index contributed by atoms with van der Waals surface area (Å²) in [5, 5.41) is 0. The number of rotatable bonds is 2. The number of halogens is 1. The quantitative estimate of drug-likeness (QED) is 0.881. The maximum absolute atomic E-state index is 13.8. The third-order valence-electron chi connectivity index (χ3n) is 3.18. The van der Waals surface area contributed by atoms with Gasteiger partial charge in [-0.1, -0.05) is 12.1 Å². The van der Waals surface area contributed by atoms with Gasteiger partial charge in [0.1, 0.15) is 10.7 Å². The van der Waals surface area contributed by atoms with Crippen molar-refractivity contribution >= 4 is 10.0 Å². The largest absolute Gasteiger partial charge is 0.327 e. The van der Waals surface area contributed by atoms with Gasteiger partial charge in [-0.2, -0.15) is 4.31 Å². The van der Waals surface area contributed by atoms with E-state index in [0.717, 1.165) is 6.42 Å². The molecule has 18 heavy (non-hydrogen) atoms. The van der Waals surface area contributed by atoms with Crippen molar-refractivity contribution in [2.75, 3.05) is 13.1 Å². The van der Waals surface area contributed by atoms with Gasteiger partial charge in [0.25, 0.3) is 0 Å². The normalized spacial score (nSPS) is 22.1. The number of nitrogens with zero attached hydrogens (tertiary/aromatic N) is 1. The van der Waals surface area contributed by atoms with Crippen molar-refractivity contribution in [1.82, 2.24) is 4.31 Å². The first-order valence-electron chi connectivity index (χ1n) is 5.94. The van der Waals surface area contributed by atoms with Crippen molar-refractivity contribution in [3.05, 3.63) is 29.6 Å². The molecule has 0 spiro atoms. The molecule has 0 radical (unpaired) electrons. The molecule has 1 saturated heterocycles. The Kier molecular flexibility index (Phi) is 3.70. The zero-order valence-corrected chi connectivity index (χ0v) is 11.1. The van der Waals surface area contributed by atoms with Crippen LogP contribution in [0.1, 0.15) is 18.4 Å². The fraction of sp³-hybridized carbons (Fsp3) is 0.500. The Balaban J connectivity index is 2.42. The van der Waals surface area contributed by atoms with Crippen LogP contribution in [0.3, 0.4) is 0 Å². The lowest BCUT2D eigenvalue weighted by Crippen LogP contribution is -2.45. The summed E-state index contributed by atoms with van der Waals surface area (Å²) in [5.74, 6) is -0.700. The maximum atomic E-state index is 13.8. The van der Waals surface area contributed by atoms with E-state index in [-0.39, 0.29) is 17.5 Å². The van der Waals surface area contributed by atoms with Crippen LogP contribution in [-0.2, 0) is 10.0 Å². The van der Waals surface area contributed by atoms with Crippen LogP contribution in [0.2, 0.25) is 0 Å². The minimum atomic E-state index is -3.78. The molecular formula is C12H17FN2O2S. The molecule has 1 atom stereocenters. The zero-order chi connectivity index (χ0) is 13.3. The molecule has 1 aromatic carbocycles. The van der Waals surface area contributed by atoms with Gasteiger partial charge in [-0.05, 0) is 31.4 Å². The van der Waals surface area contributed by atoms with Crippen LogP contribution in [0, 0.1) is 12.7 Å². The van der Waals surface area contributed by atoms with Crippen molar-refractivity contribution in [3.63, 3.8) is 0 Å². The van der Waals surface area contributed by atoms with Crippen LogP contribution in [-0.4, -0.2) is 31.9 Å². The second kappa shape index (κ2) is 4.95. The molecule has 100 valence electrons.